The highest BCUT2D eigenvalue weighted by Gasteiger charge is 2.03. The van der Waals surface area contributed by atoms with Crippen LogP contribution in [0.15, 0.2) is 85.2 Å². The van der Waals surface area contributed by atoms with Gasteiger partial charge in [-0.15, -0.1) is 0 Å². The third kappa shape index (κ3) is 3.45. The lowest BCUT2D eigenvalue weighted by molar-refractivity contribution is 0.300. The summed E-state index contributed by atoms with van der Waals surface area (Å²) in [6.07, 6.45) is 3.87. The molecule has 5 aromatic rings. The Kier molecular flexibility index (Phi) is 4.22. The predicted molar refractivity (Wildman–Crippen MR) is 112 cm³/mol. The van der Waals surface area contributed by atoms with Gasteiger partial charge < -0.3 is 19.4 Å². The van der Waals surface area contributed by atoms with Crippen LogP contribution < -0.4 is 9.47 Å². The second-order valence-corrected chi connectivity index (χ2v) is 6.85. The monoisotopic (exact) mass is 368 g/mol. The molecule has 0 unspecified atom stereocenters. The van der Waals surface area contributed by atoms with Gasteiger partial charge in [0.25, 0.3) is 0 Å². The number of benzene rings is 3. The lowest BCUT2D eigenvalue weighted by Gasteiger charge is -2.10. The van der Waals surface area contributed by atoms with Crippen LogP contribution in [0.2, 0.25) is 0 Å². The molecule has 4 nitrogen and oxygen atoms in total. The summed E-state index contributed by atoms with van der Waals surface area (Å²) < 4.78 is 11.9. The van der Waals surface area contributed by atoms with Crippen molar-refractivity contribution >= 4 is 21.8 Å². The first kappa shape index (κ1) is 16.5. The molecule has 0 bridgehead atoms. The molecule has 0 amide bonds. The molecule has 2 N–H and O–H groups in total. The van der Waals surface area contributed by atoms with Gasteiger partial charge in [0.2, 0.25) is 0 Å². The molecule has 3 aromatic carbocycles. The highest BCUT2D eigenvalue weighted by atomic mass is 16.5. The first-order valence-corrected chi connectivity index (χ1v) is 9.31. The lowest BCUT2D eigenvalue weighted by atomic mass is 10.1. The fourth-order valence-corrected chi connectivity index (χ4v) is 3.38. The molecule has 0 saturated heterocycles. The van der Waals surface area contributed by atoms with Crippen LogP contribution in [-0.4, -0.2) is 9.97 Å². The highest BCUT2D eigenvalue weighted by molar-refractivity contribution is 5.81. The molecule has 0 aliphatic rings. The Morgan fingerprint density at radius 1 is 0.571 bits per heavy atom. The first-order valence-electron chi connectivity index (χ1n) is 9.31. The van der Waals surface area contributed by atoms with Gasteiger partial charge in [0.05, 0.1) is 0 Å². The molecule has 5 rings (SSSR count). The van der Waals surface area contributed by atoms with Crippen molar-refractivity contribution in [1.82, 2.24) is 9.97 Å². The summed E-state index contributed by atoms with van der Waals surface area (Å²) in [4.78, 5) is 6.39. The van der Waals surface area contributed by atoms with Crippen molar-refractivity contribution in [1.29, 1.82) is 0 Å². The zero-order chi connectivity index (χ0) is 18.8. The van der Waals surface area contributed by atoms with Gasteiger partial charge in [-0.25, -0.2) is 0 Å². The Labute approximate surface area is 162 Å². The number of H-pyrrole nitrogens is 2. The summed E-state index contributed by atoms with van der Waals surface area (Å²) in [5, 5.41) is 2.30. The van der Waals surface area contributed by atoms with E-state index in [9.17, 15) is 0 Å². The number of aromatic amines is 2. The van der Waals surface area contributed by atoms with Gasteiger partial charge >= 0.3 is 0 Å². The van der Waals surface area contributed by atoms with Gasteiger partial charge in [-0.1, -0.05) is 18.2 Å². The van der Waals surface area contributed by atoms with Crippen LogP contribution in [0, 0.1) is 0 Å². The maximum absolute atomic E-state index is 5.97. The summed E-state index contributed by atoms with van der Waals surface area (Å²) in [6.45, 7) is 1.05. The number of aromatic nitrogens is 2. The van der Waals surface area contributed by atoms with Crippen molar-refractivity contribution in [2.75, 3.05) is 0 Å². The minimum atomic E-state index is 0.527. The number of nitrogens with one attached hydrogen (secondary N) is 2. The van der Waals surface area contributed by atoms with E-state index >= 15 is 0 Å². The van der Waals surface area contributed by atoms with Crippen molar-refractivity contribution in [2.24, 2.45) is 0 Å². The molecule has 2 heterocycles. The number of fused-ring (bicyclic) bond motifs is 2. The third-order valence-electron chi connectivity index (χ3n) is 4.85. The van der Waals surface area contributed by atoms with Crippen molar-refractivity contribution in [3.8, 4) is 11.5 Å². The fraction of sp³-hybridized carbons (Fsp3) is 0.0833. The van der Waals surface area contributed by atoms with Crippen LogP contribution in [-0.2, 0) is 13.2 Å². The minimum absolute atomic E-state index is 0.527. The molecule has 0 aliphatic carbocycles. The van der Waals surface area contributed by atoms with Crippen molar-refractivity contribution in [2.45, 2.75) is 13.2 Å². The van der Waals surface area contributed by atoms with Crippen LogP contribution in [0.3, 0.4) is 0 Å². The number of ether oxygens (including phenoxy) is 2. The van der Waals surface area contributed by atoms with Crippen molar-refractivity contribution in [3.63, 3.8) is 0 Å². The smallest absolute Gasteiger partial charge is 0.120 e. The Morgan fingerprint density at radius 2 is 1.11 bits per heavy atom. The van der Waals surface area contributed by atoms with Crippen LogP contribution in [0.25, 0.3) is 21.8 Å². The van der Waals surface area contributed by atoms with Gasteiger partial charge in [0, 0.05) is 34.2 Å². The lowest BCUT2D eigenvalue weighted by Crippen LogP contribution is -1.99. The largest absolute Gasteiger partial charge is 0.489 e. The zero-order valence-electron chi connectivity index (χ0n) is 15.3. The molecule has 28 heavy (non-hydrogen) atoms. The number of hydrogen-bond acceptors (Lipinski definition) is 2. The van der Waals surface area contributed by atoms with E-state index in [-0.39, 0.29) is 0 Å². The molecular formula is C24H20N2O2. The molecule has 2 aromatic heterocycles. The molecular weight excluding hydrogens is 348 g/mol. The van der Waals surface area contributed by atoms with E-state index in [0.29, 0.717) is 13.2 Å². The molecule has 0 aliphatic heterocycles. The van der Waals surface area contributed by atoms with Gasteiger partial charge in [-0.05, 0) is 65.7 Å². The van der Waals surface area contributed by atoms with E-state index in [2.05, 4.69) is 40.3 Å². The van der Waals surface area contributed by atoms with Crippen LogP contribution in [0.1, 0.15) is 11.1 Å². The van der Waals surface area contributed by atoms with Gasteiger partial charge in [0.1, 0.15) is 24.7 Å². The molecule has 0 radical (unpaired) electrons. The standard InChI is InChI=1S/C24H20N2O2/c1-2-17(15-27-21-4-6-23-19(13-21)8-10-25-23)12-18(3-1)16-28-22-5-7-24-20(14-22)9-11-26-24/h1-14,25-26H,15-16H2. The molecule has 0 atom stereocenters. The second kappa shape index (κ2) is 7.16. The Balaban J connectivity index is 1.23. The van der Waals surface area contributed by atoms with Gasteiger partial charge in [-0.3, -0.25) is 0 Å². The minimum Gasteiger partial charge on any atom is -0.489 e. The van der Waals surface area contributed by atoms with Crippen LogP contribution in [0.5, 0.6) is 11.5 Å². The Hall–Kier alpha value is -3.66. The maximum Gasteiger partial charge on any atom is 0.120 e. The summed E-state index contributed by atoms with van der Waals surface area (Å²) >= 11 is 0. The van der Waals surface area contributed by atoms with E-state index in [1.807, 2.05) is 54.9 Å². The topological polar surface area (TPSA) is 50.0 Å². The quantitative estimate of drug-likeness (QED) is 0.397. The summed E-state index contributed by atoms with van der Waals surface area (Å²) in [5.41, 5.74) is 4.47. The highest BCUT2D eigenvalue weighted by Crippen LogP contribution is 2.22. The predicted octanol–water partition coefficient (Wildman–Crippen LogP) is 5.81. The second-order valence-electron chi connectivity index (χ2n) is 6.85. The van der Waals surface area contributed by atoms with Crippen LogP contribution >= 0.6 is 0 Å². The molecule has 0 spiro atoms. The summed E-state index contributed by atoms with van der Waals surface area (Å²) in [5.74, 6) is 1.74. The molecule has 0 fully saturated rings. The van der Waals surface area contributed by atoms with E-state index in [0.717, 1.165) is 44.4 Å². The maximum atomic E-state index is 5.97. The summed E-state index contributed by atoms with van der Waals surface area (Å²) in [7, 11) is 0. The van der Waals surface area contributed by atoms with E-state index in [4.69, 9.17) is 9.47 Å². The average molecular weight is 368 g/mol. The fourth-order valence-electron chi connectivity index (χ4n) is 3.38. The average Bonchev–Trinajstić information content (AvgIpc) is 3.39. The van der Waals surface area contributed by atoms with Gasteiger partial charge in [-0.2, -0.15) is 0 Å². The Morgan fingerprint density at radius 3 is 1.64 bits per heavy atom. The van der Waals surface area contributed by atoms with Crippen molar-refractivity contribution in [3.05, 3.63) is 96.3 Å². The number of hydrogen-bond donors (Lipinski definition) is 2. The normalized spacial score (nSPS) is 11.1. The van der Waals surface area contributed by atoms with E-state index in [1.165, 1.54) is 0 Å². The van der Waals surface area contributed by atoms with E-state index < -0.39 is 0 Å². The molecule has 0 saturated carbocycles. The Bertz CT molecular complexity index is 1140. The molecule has 138 valence electrons. The van der Waals surface area contributed by atoms with E-state index in [1.54, 1.807) is 0 Å². The summed E-state index contributed by atoms with van der Waals surface area (Å²) in [6, 6.07) is 24.6. The third-order valence-corrected chi connectivity index (χ3v) is 4.85. The van der Waals surface area contributed by atoms with Crippen molar-refractivity contribution < 1.29 is 9.47 Å². The zero-order valence-corrected chi connectivity index (χ0v) is 15.3. The van der Waals surface area contributed by atoms with Gasteiger partial charge in [0.15, 0.2) is 0 Å². The number of rotatable bonds is 6. The molecule has 4 heteroatoms. The van der Waals surface area contributed by atoms with Crippen LogP contribution in [0.4, 0.5) is 0 Å². The SMILES string of the molecule is c1cc(COc2ccc3[nH]ccc3c2)cc(COc2ccc3[nH]ccc3c2)c1. The first-order chi connectivity index (χ1) is 13.8.